The summed E-state index contributed by atoms with van der Waals surface area (Å²) in [6, 6.07) is 8.40. The van der Waals surface area contributed by atoms with Crippen LogP contribution in [0.1, 0.15) is 10.4 Å². The fourth-order valence-corrected chi connectivity index (χ4v) is 1.72. The Morgan fingerprint density at radius 3 is 1.91 bits per heavy atom. The summed E-state index contributed by atoms with van der Waals surface area (Å²) in [5, 5.41) is 22.0. The Labute approximate surface area is 128 Å². The third-order valence-corrected chi connectivity index (χ3v) is 2.84. The van der Waals surface area contributed by atoms with Gasteiger partial charge in [-0.05, 0) is 24.3 Å². The van der Waals surface area contributed by atoms with Crippen molar-refractivity contribution >= 4 is 28.9 Å². The van der Waals surface area contributed by atoms with Gasteiger partial charge in [-0.25, -0.2) is 4.79 Å². The first-order chi connectivity index (χ1) is 10.4. The Hall–Kier alpha value is -3.00. The lowest BCUT2D eigenvalue weighted by Gasteiger charge is -2.04. The van der Waals surface area contributed by atoms with Gasteiger partial charge in [0.25, 0.3) is 11.4 Å². The molecule has 0 spiro atoms. The molecule has 0 aromatic heterocycles. The highest BCUT2D eigenvalue weighted by Gasteiger charge is 2.21. The third kappa shape index (κ3) is 3.55. The molecule has 8 nitrogen and oxygen atoms in total. The molecular formula is C13H7ClN2O6. The molecule has 0 bridgehead atoms. The van der Waals surface area contributed by atoms with Crippen molar-refractivity contribution in [1.82, 2.24) is 0 Å². The Balaban J connectivity index is 2.34. The van der Waals surface area contributed by atoms with Crippen LogP contribution >= 0.6 is 11.6 Å². The number of nitro groups is 2. The summed E-state index contributed by atoms with van der Waals surface area (Å²) in [5.41, 5.74) is -1.44. The van der Waals surface area contributed by atoms with Crippen LogP contribution in [-0.2, 0) is 0 Å². The number of halogens is 1. The second kappa shape index (κ2) is 6.19. The number of hydrogen-bond acceptors (Lipinski definition) is 6. The summed E-state index contributed by atoms with van der Waals surface area (Å²) >= 11 is 5.69. The summed E-state index contributed by atoms with van der Waals surface area (Å²) in [7, 11) is 0. The highest BCUT2D eigenvalue weighted by Crippen LogP contribution is 2.24. The van der Waals surface area contributed by atoms with Crippen molar-refractivity contribution in [3.8, 4) is 5.75 Å². The molecule has 112 valence electrons. The topological polar surface area (TPSA) is 113 Å². The maximum absolute atomic E-state index is 11.9. The van der Waals surface area contributed by atoms with E-state index in [2.05, 4.69) is 0 Å². The number of benzene rings is 2. The molecule has 0 heterocycles. The first-order valence-corrected chi connectivity index (χ1v) is 6.16. The molecule has 2 aromatic carbocycles. The Kier molecular flexibility index (Phi) is 4.33. The number of carbonyl (C=O) groups excluding carboxylic acids is 1. The molecule has 0 atom stereocenters. The van der Waals surface area contributed by atoms with Crippen molar-refractivity contribution in [2.45, 2.75) is 0 Å². The van der Waals surface area contributed by atoms with Gasteiger partial charge in [-0.2, -0.15) is 0 Å². The summed E-state index contributed by atoms with van der Waals surface area (Å²) in [6.07, 6.45) is 0. The molecule has 0 aliphatic heterocycles. The van der Waals surface area contributed by atoms with Gasteiger partial charge < -0.3 is 4.74 Å². The monoisotopic (exact) mass is 322 g/mol. The molecule has 0 radical (unpaired) electrons. The first kappa shape index (κ1) is 15.4. The van der Waals surface area contributed by atoms with Crippen molar-refractivity contribution in [1.29, 1.82) is 0 Å². The van der Waals surface area contributed by atoms with Gasteiger partial charge in [-0.3, -0.25) is 20.2 Å². The van der Waals surface area contributed by atoms with E-state index in [9.17, 15) is 25.0 Å². The van der Waals surface area contributed by atoms with E-state index in [4.69, 9.17) is 16.3 Å². The number of ether oxygens (including phenoxy) is 1. The SMILES string of the molecule is O=C(Oc1ccc(Cl)cc1)c1cc([N+](=O)[O-])cc([N+](=O)[O-])c1. The van der Waals surface area contributed by atoms with Crippen LogP contribution in [-0.4, -0.2) is 15.8 Å². The van der Waals surface area contributed by atoms with Crippen LogP contribution in [0.5, 0.6) is 5.75 Å². The Morgan fingerprint density at radius 1 is 0.955 bits per heavy atom. The number of hydrogen-bond donors (Lipinski definition) is 0. The van der Waals surface area contributed by atoms with E-state index < -0.39 is 27.2 Å². The zero-order valence-corrected chi connectivity index (χ0v) is 11.5. The number of nitrogens with zero attached hydrogens (tertiary/aromatic N) is 2. The fourth-order valence-electron chi connectivity index (χ4n) is 1.59. The zero-order valence-electron chi connectivity index (χ0n) is 10.8. The fraction of sp³-hybridized carbons (Fsp3) is 0. The van der Waals surface area contributed by atoms with Gasteiger partial charge in [0.15, 0.2) is 0 Å². The van der Waals surface area contributed by atoms with Crippen LogP contribution in [0.25, 0.3) is 0 Å². The molecule has 22 heavy (non-hydrogen) atoms. The minimum Gasteiger partial charge on any atom is -0.423 e. The van der Waals surface area contributed by atoms with Gasteiger partial charge in [0, 0.05) is 17.2 Å². The second-order valence-electron chi connectivity index (χ2n) is 4.10. The predicted molar refractivity (Wildman–Crippen MR) is 76.2 cm³/mol. The van der Waals surface area contributed by atoms with Gasteiger partial charge in [0.05, 0.1) is 21.5 Å². The van der Waals surface area contributed by atoms with Crippen molar-refractivity contribution in [3.63, 3.8) is 0 Å². The van der Waals surface area contributed by atoms with Gasteiger partial charge in [-0.15, -0.1) is 0 Å². The number of nitro benzene ring substituents is 2. The summed E-state index contributed by atoms with van der Waals surface area (Å²) in [6.45, 7) is 0. The Morgan fingerprint density at radius 2 is 1.45 bits per heavy atom. The third-order valence-electron chi connectivity index (χ3n) is 2.58. The Bertz CT molecular complexity index is 727. The van der Waals surface area contributed by atoms with E-state index in [1.807, 2.05) is 0 Å². The average molecular weight is 323 g/mol. The van der Waals surface area contributed by atoms with E-state index in [1.54, 1.807) is 0 Å². The van der Waals surface area contributed by atoms with Gasteiger partial charge >= 0.3 is 5.97 Å². The van der Waals surface area contributed by atoms with E-state index in [0.717, 1.165) is 18.2 Å². The van der Waals surface area contributed by atoms with E-state index >= 15 is 0 Å². The number of esters is 1. The zero-order chi connectivity index (χ0) is 16.3. The molecule has 2 aromatic rings. The second-order valence-corrected chi connectivity index (χ2v) is 4.53. The molecule has 0 aliphatic carbocycles. The lowest BCUT2D eigenvalue weighted by atomic mass is 10.2. The molecule has 9 heteroatoms. The molecule has 0 fully saturated rings. The van der Waals surface area contributed by atoms with Crippen LogP contribution in [0.3, 0.4) is 0 Å². The molecule has 2 rings (SSSR count). The standard InChI is InChI=1S/C13H7ClN2O6/c14-9-1-3-12(4-2-9)22-13(17)8-5-10(15(18)19)7-11(6-8)16(20)21/h1-7H. The minimum absolute atomic E-state index is 0.156. The summed E-state index contributed by atoms with van der Waals surface area (Å²) in [4.78, 5) is 31.8. The lowest BCUT2D eigenvalue weighted by molar-refractivity contribution is -0.394. The molecule has 0 saturated heterocycles. The minimum atomic E-state index is -0.950. The van der Waals surface area contributed by atoms with E-state index in [-0.39, 0.29) is 11.3 Å². The highest BCUT2D eigenvalue weighted by atomic mass is 35.5. The van der Waals surface area contributed by atoms with Crippen LogP contribution < -0.4 is 4.74 Å². The maximum atomic E-state index is 11.9. The van der Waals surface area contributed by atoms with E-state index in [1.165, 1.54) is 24.3 Å². The van der Waals surface area contributed by atoms with Crippen LogP contribution in [0.4, 0.5) is 11.4 Å². The first-order valence-electron chi connectivity index (χ1n) is 5.78. The number of carbonyl (C=O) groups is 1. The normalized spacial score (nSPS) is 10.0. The van der Waals surface area contributed by atoms with Crippen molar-refractivity contribution < 1.29 is 19.4 Å². The van der Waals surface area contributed by atoms with Gasteiger partial charge in [0.2, 0.25) is 0 Å². The maximum Gasteiger partial charge on any atom is 0.344 e. The molecule has 0 aliphatic rings. The van der Waals surface area contributed by atoms with Crippen molar-refractivity contribution in [3.05, 3.63) is 73.3 Å². The largest absolute Gasteiger partial charge is 0.423 e. The van der Waals surface area contributed by atoms with Crippen LogP contribution in [0.15, 0.2) is 42.5 Å². The van der Waals surface area contributed by atoms with Gasteiger partial charge in [0.1, 0.15) is 5.75 Å². The quantitative estimate of drug-likeness (QED) is 0.369. The van der Waals surface area contributed by atoms with Crippen molar-refractivity contribution in [2.75, 3.05) is 0 Å². The summed E-state index contributed by atoms with van der Waals surface area (Å²) < 4.78 is 4.98. The molecular weight excluding hydrogens is 316 g/mol. The number of rotatable bonds is 4. The molecule has 0 amide bonds. The van der Waals surface area contributed by atoms with E-state index in [0.29, 0.717) is 5.02 Å². The number of non-ortho nitro benzene ring substituents is 2. The average Bonchev–Trinajstić information content (AvgIpc) is 2.49. The van der Waals surface area contributed by atoms with Crippen molar-refractivity contribution in [2.24, 2.45) is 0 Å². The lowest BCUT2D eigenvalue weighted by Crippen LogP contribution is -2.09. The molecule has 0 saturated carbocycles. The van der Waals surface area contributed by atoms with Crippen LogP contribution in [0, 0.1) is 20.2 Å². The van der Waals surface area contributed by atoms with Crippen LogP contribution in [0.2, 0.25) is 5.02 Å². The molecule has 0 N–H and O–H groups in total. The predicted octanol–water partition coefficient (Wildman–Crippen LogP) is 3.38. The smallest absolute Gasteiger partial charge is 0.344 e. The van der Waals surface area contributed by atoms with Gasteiger partial charge in [-0.1, -0.05) is 11.6 Å². The summed E-state index contributed by atoms with van der Waals surface area (Å²) in [5.74, 6) is -0.794. The highest BCUT2D eigenvalue weighted by molar-refractivity contribution is 6.30. The molecule has 0 unspecified atom stereocenters.